The summed E-state index contributed by atoms with van der Waals surface area (Å²) in [6.07, 6.45) is 4.91. The molecule has 4 aliphatic rings. The van der Waals surface area contributed by atoms with Crippen molar-refractivity contribution < 1.29 is 39.5 Å². The van der Waals surface area contributed by atoms with Crippen LogP contribution in [0.2, 0.25) is 0 Å². The second-order valence-electron chi connectivity index (χ2n) is 12.8. The molecule has 11 nitrogen and oxygen atoms in total. The Bertz CT molecular complexity index is 1420. The average molecular weight is 584 g/mol. The normalized spacial score (nSPS) is 28.4. The maximum absolute atomic E-state index is 14.0. The molecule has 6 N–H and O–H groups in total. The molecule has 42 heavy (non-hydrogen) atoms. The molecule has 4 atom stereocenters. The van der Waals surface area contributed by atoms with Crippen molar-refractivity contribution >= 4 is 23.2 Å². The summed E-state index contributed by atoms with van der Waals surface area (Å²) >= 11 is 0. The quantitative estimate of drug-likeness (QED) is 0.285. The van der Waals surface area contributed by atoms with Gasteiger partial charge in [-0.25, -0.2) is 0 Å². The number of carbonyl (C=O) groups excluding carboxylic acids is 3. The number of nitrogens with zero attached hydrogens (tertiary/aromatic N) is 2. The van der Waals surface area contributed by atoms with Crippen LogP contribution in [0, 0.1) is 17.3 Å². The summed E-state index contributed by atoms with van der Waals surface area (Å²) in [6, 6.07) is 0.398. The molecule has 2 saturated carbocycles. The number of hydrogen-bond acceptors (Lipinski definition) is 10. The van der Waals surface area contributed by atoms with E-state index in [0.29, 0.717) is 23.3 Å². The van der Waals surface area contributed by atoms with Gasteiger partial charge in [0, 0.05) is 35.7 Å². The van der Waals surface area contributed by atoms with Crippen molar-refractivity contribution in [2.45, 2.75) is 63.6 Å². The first-order valence-corrected chi connectivity index (χ1v) is 14.5. The molecule has 11 heteroatoms. The van der Waals surface area contributed by atoms with Gasteiger partial charge in [0.25, 0.3) is 5.91 Å². The number of Topliss-reactive ketones (excluding diaryl/α,β-unsaturated/α-hetero) is 2. The number of amides is 1. The van der Waals surface area contributed by atoms with Gasteiger partial charge in [0.1, 0.15) is 28.6 Å². The molecule has 1 aromatic rings. The minimum atomic E-state index is -2.66. The van der Waals surface area contributed by atoms with Crippen molar-refractivity contribution in [1.82, 2.24) is 9.80 Å². The summed E-state index contributed by atoms with van der Waals surface area (Å²) in [5.41, 5.74) is 3.29. The largest absolute Gasteiger partial charge is 0.508 e. The van der Waals surface area contributed by atoms with Crippen LogP contribution in [0.5, 0.6) is 11.5 Å². The number of nitrogens with two attached hydrogens (primary N) is 1. The summed E-state index contributed by atoms with van der Waals surface area (Å²) in [7, 11) is 6.70. The highest BCUT2D eigenvalue weighted by atomic mass is 16.5. The first kappa shape index (κ1) is 30.1. The highest BCUT2D eigenvalue weighted by Crippen LogP contribution is 2.54. The third-order valence-corrected chi connectivity index (χ3v) is 10.2. The Morgan fingerprint density at radius 1 is 1.17 bits per heavy atom. The lowest BCUT2D eigenvalue weighted by atomic mass is 9.57. The minimum Gasteiger partial charge on any atom is -0.508 e. The second kappa shape index (κ2) is 10.4. The van der Waals surface area contributed by atoms with E-state index in [-0.39, 0.29) is 29.7 Å². The predicted molar refractivity (Wildman–Crippen MR) is 154 cm³/mol. The van der Waals surface area contributed by atoms with Crippen molar-refractivity contribution in [2.24, 2.45) is 23.0 Å². The Morgan fingerprint density at radius 3 is 2.36 bits per heavy atom. The van der Waals surface area contributed by atoms with Crippen LogP contribution < -0.4 is 10.5 Å². The van der Waals surface area contributed by atoms with E-state index < -0.39 is 58.0 Å². The van der Waals surface area contributed by atoms with Gasteiger partial charge < -0.3 is 35.8 Å². The molecule has 0 unspecified atom stereocenters. The molecule has 0 spiro atoms. The van der Waals surface area contributed by atoms with Crippen molar-refractivity contribution in [1.29, 1.82) is 0 Å². The lowest BCUT2D eigenvalue weighted by Crippen LogP contribution is -2.65. The van der Waals surface area contributed by atoms with Gasteiger partial charge in [-0.3, -0.25) is 19.3 Å². The first-order chi connectivity index (χ1) is 19.7. The van der Waals surface area contributed by atoms with E-state index in [1.165, 1.54) is 37.3 Å². The van der Waals surface area contributed by atoms with E-state index in [2.05, 4.69) is 11.8 Å². The van der Waals surface area contributed by atoms with Crippen LogP contribution in [0.4, 0.5) is 0 Å². The zero-order valence-electron chi connectivity index (χ0n) is 24.9. The standard InChI is InChI=1S/C31H41N3O8/c1-6-30(8-7-9-30)14-34(4)13-16-12-19(35)21-17(26(16)42-5)10-15-11-18-23(33(2)3)25(37)22(29(32)40)28(39)31(18,41)27(38)20(15)24(21)36/h12,15,18,23,35-36,39,41H,6-11,13-14H2,1-5H3,(H2,32,40)/t15-,18-,23-,31-/m0/s1. The van der Waals surface area contributed by atoms with Gasteiger partial charge in [-0.1, -0.05) is 13.3 Å². The maximum Gasteiger partial charge on any atom is 0.255 e. The summed E-state index contributed by atoms with van der Waals surface area (Å²) in [5, 5.41) is 45.4. The fourth-order valence-corrected chi connectivity index (χ4v) is 7.95. The van der Waals surface area contributed by atoms with Gasteiger partial charge in [0.05, 0.1) is 18.7 Å². The molecule has 0 saturated heterocycles. The van der Waals surface area contributed by atoms with Crippen LogP contribution in [0.1, 0.15) is 55.7 Å². The zero-order valence-corrected chi connectivity index (χ0v) is 24.9. The topological polar surface area (TPSA) is 174 Å². The number of ketones is 2. The molecule has 5 rings (SSSR count). The number of aliphatic hydroxyl groups excluding tert-OH is 2. The molecule has 0 aliphatic heterocycles. The fourth-order valence-electron chi connectivity index (χ4n) is 7.95. The Balaban J connectivity index is 1.60. The van der Waals surface area contributed by atoms with Crippen molar-refractivity contribution in [3.8, 4) is 11.5 Å². The molecule has 4 aliphatic carbocycles. The Morgan fingerprint density at radius 2 is 1.83 bits per heavy atom. The Labute approximate surface area is 245 Å². The number of aliphatic hydroxyl groups is 3. The average Bonchev–Trinajstić information content (AvgIpc) is 2.88. The number of aromatic hydroxyl groups is 1. The number of hydrogen-bond donors (Lipinski definition) is 5. The number of ether oxygens (including phenoxy) is 1. The number of rotatable bonds is 8. The van der Waals surface area contributed by atoms with E-state index in [1.54, 1.807) is 14.1 Å². The molecule has 1 amide bonds. The van der Waals surface area contributed by atoms with Crippen LogP contribution in [0.15, 0.2) is 23.0 Å². The second-order valence-corrected chi connectivity index (χ2v) is 12.8. The molecule has 0 heterocycles. The number of benzene rings is 1. The van der Waals surface area contributed by atoms with Gasteiger partial charge in [-0.05, 0) is 70.6 Å². The van der Waals surface area contributed by atoms with E-state index in [4.69, 9.17) is 10.5 Å². The third kappa shape index (κ3) is 4.24. The summed E-state index contributed by atoms with van der Waals surface area (Å²) in [4.78, 5) is 43.1. The third-order valence-electron chi connectivity index (χ3n) is 10.2. The summed E-state index contributed by atoms with van der Waals surface area (Å²) < 4.78 is 5.84. The number of methoxy groups -OCH3 is 1. The molecular formula is C31H41N3O8. The molecule has 1 aromatic carbocycles. The number of primary amides is 1. The molecule has 0 radical (unpaired) electrons. The van der Waals surface area contributed by atoms with Gasteiger partial charge in [-0.15, -0.1) is 0 Å². The smallest absolute Gasteiger partial charge is 0.255 e. The molecule has 0 aromatic heterocycles. The minimum absolute atomic E-state index is 0.0264. The fraction of sp³-hybridized carbons (Fsp3) is 0.581. The predicted octanol–water partition coefficient (Wildman–Crippen LogP) is 1.98. The summed E-state index contributed by atoms with van der Waals surface area (Å²) in [6.45, 7) is 3.62. The monoisotopic (exact) mass is 583 g/mol. The van der Waals surface area contributed by atoms with E-state index >= 15 is 0 Å². The van der Waals surface area contributed by atoms with Crippen LogP contribution in [-0.4, -0.2) is 94.1 Å². The Hall–Kier alpha value is -3.41. The first-order valence-electron chi connectivity index (χ1n) is 14.5. The van der Waals surface area contributed by atoms with Crippen LogP contribution in [0.3, 0.4) is 0 Å². The van der Waals surface area contributed by atoms with Crippen LogP contribution in [-0.2, 0) is 27.3 Å². The number of likely N-dealkylation sites (N-methyl/N-ethyl adjacent to an activating group) is 1. The molecule has 0 bridgehead atoms. The van der Waals surface area contributed by atoms with E-state index in [1.807, 2.05) is 7.05 Å². The van der Waals surface area contributed by atoms with Gasteiger partial charge >= 0.3 is 0 Å². The van der Waals surface area contributed by atoms with Crippen molar-refractivity contribution in [3.05, 3.63) is 39.7 Å². The van der Waals surface area contributed by atoms with Gasteiger partial charge in [0.15, 0.2) is 11.4 Å². The number of carbonyl (C=O) groups is 3. The van der Waals surface area contributed by atoms with Crippen molar-refractivity contribution in [2.75, 3.05) is 34.8 Å². The molecule has 2 fully saturated rings. The highest BCUT2D eigenvalue weighted by Gasteiger charge is 2.64. The van der Waals surface area contributed by atoms with Gasteiger partial charge in [-0.2, -0.15) is 0 Å². The lowest BCUT2D eigenvalue weighted by molar-refractivity contribution is -0.153. The van der Waals surface area contributed by atoms with Crippen LogP contribution in [0.25, 0.3) is 5.76 Å². The van der Waals surface area contributed by atoms with Gasteiger partial charge in [0.2, 0.25) is 5.78 Å². The SMILES string of the molecule is CCC1(CN(C)Cc2cc(O)c3c(c2OC)C[C@H]2C[C@H]4[C@H](N(C)C)C(=O)C(C(N)=O)=C(O)[C@@]4(O)C(=O)C2=C3O)CCC1. The summed E-state index contributed by atoms with van der Waals surface area (Å²) in [5.74, 6) is -6.23. The number of fused-ring (bicyclic) bond motifs is 3. The highest BCUT2D eigenvalue weighted by molar-refractivity contribution is 6.24. The number of phenolic OH excluding ortho intramolecular Hbond substituents is 1. The maximum atomic E-state index is 14.0. The van der Waals surface area contributed by atoms with E-state index in [9.17, 15) is 34.8 Å². The lowest BCUT2D eigenvalue weighted by Gasteiger charge is -2.50. The zero-order chi connectivity index (χ0) is 30.9. The van der Waals surface area contributed by atoms with E-state index in [0.717, 1.165) is 18.5 Å². The van der Waals surface area contributed by atoms with Crippen LogP contribution >= 0.6 is 0 Å². The molecule has 228 valence electrons. The number of phenols is 1. The van der Waals surface area contributed by atoms with Crippen molar-refractivity contribution in [3.63, 3.8) is 0 Å². The molecular weight excluding hydrogens is 542 g/mol. The Kier molecular flexibility index (Phi) is 7.44.